The van der Waals surface area contributed by atoms with Crippen molar-refractivity contribution in [3.63, 3.8) is 0 Å². The van der Waals surface area contributed by atoms with Crippen molar-refractivity contribution in [2.45, 2.75) is 52.8 Å². The summed E-state index contributed by atoms with van der Waals surface area (Å²) in [7, 11) is 0. The zero-order valence-corrected chi connectivity index (χ0v) is 19.9. The van der Waals surface area contributed by atoms with Crippen LogP contribution in [0.3, 0.4) is 0 Å². The number of carbonyl (C=O) groups excluding carboxylic acids is 2. The number of fused-ring (bicyclic) bond motifs is 1. The number of aromatic nitrogens is 2. The fourth-order valence-corrected chi connectivity index (χ4v) is 3.98. The second-order valence-electron chi connectivity index (χ2n) is 9.59. The highest BCUT2D eigenvalue weighted by Crippen LogP contribution is 2.26. The van der Waals surface area contributed by atoms with Crippen LogP contribution >= 0.6 is 0 Å². The van der Waals surface area contributed by atoms with Crippen LogP contribution in [0.4, 0.5) is 15.0 Å². The summed E-state index contributed by atoms with van der Waals surface area (Å²) >= 11 is 0. The monoisotopic (exact) mass is 464 g/mol. The Kier molecular flexibility index (Phi) is 6.41. The van der Waals surface area contributed by atoms with Gasteiger partial charge in [-0.1, -0.05) is 35.9 Å². The first-order valence-electron chi connectivity index (χ1n) is 11.3. The molecule has 1 aliphatic rings. The van der Waals surface area contributed by atoms with E-state index in [1.807, 2.05) is 29.7 Å². The minimum atomic E-state index is -0.600. The van der Waals surface area contributed by atoms with Gasteiger partial charge >= 0.3 is 6.09 Å². The molecule has 0 saturated heterocycles. The molecule has 34 heavy (non-hydrogen) atoms. The second-order valence-corrected chi connectivity index (χ2v) is 9.59. The molecule has 0 fully saturated rings. The topological polar surface area (TPSA) is 76.5 Å². The Morgan fingerprint density at radius 1 is 1.21 bits per heavy atom. The number of halogens is 1. The largest absolute Gasteiger partial charge is 0.444 e. The van der Waals surface area contributed by atoms with E-state index in [1.165, 1.54) is 11.6 Å². The van der Waals surface area contributed by atoms with Crippen LogP contribution in [-0.2, 0) is 24.2 Å². The average molecular weight is 465 g/mol. The summed E-state index contributed by atoms with van der Waals surface area (Å²) in [5, 5.41) is 2.68. The highest BCUT2D eigenvalue weighted by molar-refractivity contribution is 6.04. The summed E-state index contributed by atoms with van der Waals surface area (Å²) in [4.78, 5) is 30.9. The lowest BCUT2D eigenvalue weighted by atomic mass is 9.96. The molecule has 1 aliphatic heterocycles. The molecule has 0 radical (unpaired) electrons. The van der Waals surface area contributed by atoms with Gasteiger partial charge < -0.3 is 19.5 Å². The maximum absolute atomic E-state index is 15.2. The van der Waals surface area contributed by atoms with Gasteiger partial charge in [0.2, 0.25) is 0 Å². The number of anilines is 1. The van der Waals surface area contributed by atoms with Gasteiger partial charge in [0.15, 0.2) is 5.82 Å². The number of amides is 2. The first kappa shape index (κ1) is 23.5. The first-order valence-corrected chi connectivity index (χ1v) is 11.3. The number of rotatable bonds is 4. The van der Waals surface area contributed by atoms with Crippen LogP contribution in [0.5, 0.6) is 0 Å². The van der Waals surface area contributed by atoms with E-state index in [0.29, 0.717) is 36.5 Å². The van der Waals surface area contributed by atoms with E-state index in [4.69, 9.17) is 4.74 Å². The van der Waals surface area contributed by atoms with E-state index in [1.54, 1.807) is 44.3 Å². The number of ether oxygens (including phenoxy) is 1. The number of imidazole rings is 1. The molecule has 7 nitrogen and oxygen atoms in total. The van der Waals surface area contributed by atoms with Crippen molar-refractivity contribution in [3.8, 4) is 0 Å². The van der Waals surface area contributed by atoms with Crippen molar-refractivity contribution in [3.05, 3.63) is 82.6 Å². The highest BCUT2D eigenvalue weighted by Gasteiger charge is 2.28. The van der Waals surface area contributed by atoms with Crippen molar-refractivity contribution in [2.75, 3.05) is 11.9 Å². The van der Waals surface area contributed by atoms with Crippen LogP contribution in [0.1, 0.15) is 53.4 Å². The quantitative estimate of drug-likeness (QED) is 0.594. The standard InChI is InChI=1S/C26H29FN4O3/c1-17-6-5-7-18(12-17)13-30-15-22(28-16-30)29-24(32)21-9-8-19-14-31(11-10-20(19)23(21)27)25(33)34-26(2,3)4/h5-9,12,15-16H,10-11,13-14H2,1-4H3,(H,29,32). The Morgan fingerprint density at radius 2 is 2.00 bits per heavy atom. The van der Waals surface area contributed by atoms with Crippen molar-refractivity contribution < 1.29 is 18.7 Å². The lowest BCUT2D eigenvalue weighted by Crippen LogP contribution is -2.40. The van der Waals surface area contributed by atoms with Crippen LogP contribution in [0.15, 0.2) is 48.9 Å². The van der Waals surface area contributed by atoms with Crippen LogP contribution in [0, 0.1) is 12.7 Å². The Hall–Kier alpha value is -3.68. The van der Waals surface area contributed by atoms with E-state index in [2.05, 4.69) is 16.4 Å². The summed E-state index contributed by atoms with van der Waals surface area (Å²) in [6.07, 6.45) is 3.23. The molecule has 8 heteroatoms. The van der Waals surface area contributed by atoms with Gasteiger partial charge in [-0.2, -0.15) is 0 Å². The summed E-state index contributed by atoms with van der Waals surface area (Å²) in [5.41, 5.74) is 2.78. The van der Waals surface area contributed by atoms with E-state index in [-0.39, 0.29) is 12.1 Å². The molecule has 2 amide bonds. The summed E-state index contributed by atoms with van der Waals surface area (Å²) in [6, 6.07) is 11.3. The number of nitrogens with one attached hydrogen (secondary N) is 1. The number of carbonyl (C=O) groups is 2. The number of aryl methyl sites for hydroxylation is 1. The molecule has 1 N–H and O–H groups in total. The Labute approximate surface area is 198 Å². The Balaban J connectivity index is 1.43. The number of hydrogen-bond donors (Lipinski definition) is 1. The Morgan fingerprint density at radius 3 is 2.74 bits per heavy atom. The number of nitrogens with zero attached hydrogens (tertiary/aromatic N) is 3. The summed E-state index contributed by atoms with van der Waals surface area (Å²) in [5.74, 6) is -0.764. The molecular formula is C26H29FN4O3. The van der Waals surface area contributed by atoms with Gasteiger partial charge in [-0.25, -0.2) is 14.2 Å². The average Bonchev–Trinajstić information content (AvgIpc) is 3.19. The van der Waals surface area contributed by atoms with Crippen molar-refractivity contribution >= 4 is 17.8 Å². The normalized spacial score (nSPS) is 13.4. The molecule has 4 rings (SSSR count). The van der Waals surface area contributed by atoms with E-state index in [0.717, 1.165) is 5.56 Å². The van der Waals surface area contributed by atoms with Gasteiger partial charge in [0, 0.05) is 25.8 Å². The second kappa shape index (κ2) is 9.29. The van der Waals surface area contributed by atoms with Crippen molar-refractivity contribution in [1.82, 2.24) is 14.5 Å². The fourth-order valence-electron chi connectivity index (χ4n) is 3.98. The SMILES string of the molecule is Cc1cccc(Cn2cnc(NC(=O)c3ccc4c(c3F)CCN(C(=O)OC(C)(C)C)C4)c2)c1. The van der Waals surface area contributed by atoms with Crippen LogP contribution in [0.2, 0.25) is 0 Å². The first-order chi connectivity index (χ1) is 16.1. The molecule has 1 aromatic heterocycles. The van der Waals surface area contributed by atoms with E-state index >= 15 is 4.39 Å². The van der Waals surface area contributed by atoms with Gasteiger partial charge in [-0.3, -0.25) is 4.79 Å². The minimum absolute atomic E-state index is 0.0438. The molecule has 178 valence electrons. The van der Waals surface area contributed by atoms with Crippen LogP contribution < -0.4 is 5.32 Å². The predicted molar refractivity (Wildman–Crippen MR) is 127 cm³/mol. The third-order valence-electron chi connectivity index (χ3n) is 5.55. The van der Waals surface area contributed by atoms with Crippen molar-refractivity contribution in [2.24, 2.45) is 0 Å². The summed E-state index contributed by atoms with van der Waals surface area (Å²) < 4.78 is 22.5. The highest BCUT2D eigenvalue weighted by atomic mass is 19.1. The lowest BCUT2D eigenvalue weighted by molar-refractivity contribution is 0.0222. The molecule has 0 spiro atoms. The molecule has 2 aromatic carbocycles. The van der Waals surface area contributed by atoms with Crippen LogP contribution in [0.25, 0.3) is 0 Å². The molecule has 3 aromatic rings. The third kappa shape index (κ3) is 5.44. The predicted octanol–water partition coefficient (Wildman–Crippen LogP) is 4.92. The van der Waals surface area contributed by atoms with Gasteiger partial charge in [0.1, 0.15) is 11.4 Å². The Bertz CT molecular complexity index is 1230. The van der Waals surface area contributed by atoms with Gasteiger partial charge in [-0.15, -0.1) is 0 Å². The smallest absolute Gasteiger partial charge is 0.410 e. The maximum Gasteiger partial charge on any atom is 0.410 e. The molecule has 0 unspecified atom stereocenters. The molecule has 2 heterocycles. The van der Waals surface area contributed by atoms with Gasteiger partial charge in [0.05, 0.1) is 11.9 Å². The van der Waals surface area contributed by atoms with Gasteiger partial charge in [0.25, 0.3) is 5.91 Å². The van der Waals surface area contributed by atoms with E-state index < -0.39 is 23.4 Å². The zero-order valence-electron chi connectivity index (χ0n) is 19.9. The molecule has 0 atom stereocenters. The molecule has 0 aliphatic carbocycles. The number of benzene rings is 2. The van der Waals surface area contributed by atoms with Crippen LogP contribution in [-0.4, -0.2) is 38.6 Å². The van der Waals surface area contributed by atoms with Gasteiger partial charge in [-0.05, 0) is 56.9 Å². The van der Waals surface area contributed by atoms with Crippen molar-refractivity contribution in [1.29, 1.82) is 0 Å². The van der Waals surface area contributed by atoms with E-state index in [9.17, 15) is 9.59 Å². The zero-order chi connectivity index (χ0) is 24.5. The molecular weight excluding hydrogens is 435 g/mol. The molecule has 0 bridgehead atoms. The number of hydrogen-bond acceptors (Lipinski definition) is 4. The maximum atomic E-state index is 15.2. The fraction of sp³-hybridized carbons (Fsp3) is 0.346. The third-order valence-corrected chi connectivity index (χ3v) is 5.55. The molecule has 0 saturated carbocycles. The minimum Gasteiger partial charge on any atom is -0.444 e. The lowest BCUT2D eigenvalue weighted by Gasteiger charge is -2.31. The summed E-state index contributed by atoms with van der Waals surface area (Å²) in [6.45, 7) is 8.63.